The lowest BCUT2D eigenvalue weighted by atomic mass is 9.91. The minimum Gasteiger partial charge on any atom is -0.286 e. The van der Waals surface area contributed by atoms with E-state index >= 15 is 0 Å². The normalized spacial score (nSPS) is 24.0. The molecule has 1 aliphatic heterocycles. The molecule has 4 amide bonds. The average molecular weight is 276 g/mol. The van der Waals surface area contributed by atoms with E-state index in [-0.39, 0.29) is 30.7 Å². The Morgan fingerprint density at radius 2 is 1.65 bits per heavy atom. The first-order chi connectivity index (χ1) is 9.43. The zero-order valence-electron chi connectivity index (χ0n) is 11.4. The SMILES string of the molecule is CC(=O)N(C)C(=O)CCN1C(=O)C2C=CC=CC2C1=O. The third kappa shape index (κ3) is 2.41. The highest BCUT2D eigenvalue weighted by atomic mass is 16.2. The number of carbonyl (C=O) groups excluding carboxylic acids is 4. The Morgan fingerprint density at radius 3 is 2.10 bits per heavy atom. The molecule has 2 rings (SSSR count). The predicted molar refractivity (Wildman–Crippen MR) is 70.0 cm³/mol. The Morgan fingerprint density at radius 1 is 1.15 bits per heavy atom. The first-order valence-electron chi connectivity index (χ1n) is 6.41. The summed E-state index contributed by atoms with van der Waals surface area (Å²) in [6, 6.07) is 0. The van der Waals surface area contributed by atoms with Crippen LogP contribution in [0.1, 0.15) is 13.3 Å². The molecule has 0 spiro atoms. The Hall–Kier alpha value is -2.24. The molecule has 2 aliphatic rings. The molecular formula is C14H16N2O4. The molecule has 0 aromatic rings. The predicted octanol–water partition coefficient (Wildman–Crippen LogP) is 0.109. The van der Waals surface area contributed by atoms with Crippen molar-refractivity contribution in [3.63, 3.8) is 0 Å². The van der Waals surface area contributed by atoms with Gasteiger partial charge in [-0.05, 0) is 0 Å². The fraction of sp³-hybridized carbons (Fsp3) is 0.429. The van der Waals surface area contributed by atoms with E-state index in [0.717, 1.165) is 9.80 Å². The van der Waals surface area contributed by atoms with Gasteiger partial charge in [0, 0.05) is 26.9 Å². The van der Waals surface area contributed by atoms with Crippen LogP contribution in [0, 0.1) is 11.8 Å². The van der Waals surface area contributed by atoms with Gasteiger partial charge in [-0.15, -0.1) is 0 Å². The second kappa shape index (κ2) is 5.40. The standard InChI is InChI=1S/C14H16N2O4/c1-9(17)15(2)12(18)7-8-16-13(19)10-5-3-4-6-11(10)14(16)20/h3-6,10-11H,7-8H2,1-2H3. The molecule has 0 N–H and O–H groups in total. The summed E-state index contributed by atoms with van der Waals surface area (Å²) in [4.78, 5) is 49.0. The third-order valence-electron chi connectivity index (χ3n) is 3.63. The van der Waals surface area contributed by atoms with Crippen LogP contribution in [0.25, 0.3) is 0 Å². The maximum Gasteiger partial charge on any atom is 0.237 e. The summed E-state index contributed by atoms with van der Waals surface area (Å²) in [6.45, 7) is 1.30. The molecule has 6 nitrogen and oxygen atoms in total. The number of fused-ring (bicyclic) bond motifs is 1. The van der Waals surface area contributed by atoms with E-state index in [1.165, 1.54) is 14.0 Å². The van der Waals surface area contributed by atoms with Gasteiger partial charge in [0.25, 0.3) is 0 Å². The quantitative estimate of drug-likeness (QED) is 0.686. The van der Waals surface area contributed by atoms with Gasteiger partial charge in [0.15, 0.2) is 0 Å². The van der Waals surface area contributed by atoms with Crippen LogP contribution in [0.5, 0.6) is 0 Å². The second-order valence-corrected chi connectivity index (χ2v) is 4.87. The van der Waals surface area contributed by atoms with Gasteiger partial charge < -0.3 is 0 Å². The molecule has 0 saturated carbocycles. The maximum absolute atomic E-state index is 12.1. The molecule has 1 heterocycles. The summed E-state index contributed by atoms with van der Waals surface area (Å²) < 4.78 is 0. The minimum absolute atomic E-state index is 0.0167. The van der Waals surface area contributed by atoms with Crippen LogP contribution in [-0.4, -0.2) is 47.0 Å². The smallest absolute Gasteiger partial charge is 0.237 e. The number of likely N-dealkylation sites (tertiary alicyclic amines) is 1. The molecule has 0 aromatic heterocycles. The van der Waals surface area contributed by atoms with Gasteiger partial charge in [0.05, 0.1) is 11.8 Å². The van der Waals surface area contributed by atoms with E-state index in [9.17, 15) is 19.2 Å². The molecule has 106 valence electrons. The largest absolute Gasteiger partial charge is 0.286 e. The van der Waals surface area contributed by atoms with Crippen molar-refractivity contribution in [3.8, 4) is 0 Å². The van der Waals surface area contributed by atoms with Gasteiger partial charge >= 0.3 is 0 Å². The molecule has 0 aromatic carbocycles. The number of allylic oxidation sites excluding steroid dienone is 2. The van der Waals surface area contributed by atoms with Crippen molar-refractivity contribution in [1.29, 1.82) is 0 Å². The van der Waals surface area contributed by atoms with E-state index in [0.29, 0.717) is 0 Å². The van der Waals surface area contributed by atoms with Crippen LogP contribution in [-0.2, 0) is 19.2 Å². The van der Waals surface area contributed by atoms with Crippen LogP contribution in [0.15, 0.2) is 24.3 Å². The Labute approximate surface area is 116 Å². The van der Waals surface area contributed by atoms with Crippen LogP contribution < -0.4 is 0 Å². The number of nitrogens with zero attached hydrogens (tertiary/aromatic N) is 2. The lowest BCUT2D eigenvalue weighted by Gasteiger charge is -2.17. The monoisotopic (exact) mass is 276 g/mol. The van der Waals surface area contributed by atoms with E-state index in [2.05, 4.69) is 0 Å². The van der Waals surface area contributed by atoms with E-state index in [1.807, 2.05) is 0 Å². The molecule has 6 heteroatoms. The molecule has 2 atom stereocenters. The lowest BCUT2D eigenvalue weighted by Crippen LogP contribution is -2.37. The fourth-order valence-corrected chi connectivity index (χ4v) is 2.32. The molecule has 20 heavy (non-hydrogen) atoms. The summed E-state index contributed by atoms with van der Waals surface area (Å²) in [6.07, 6.45) is 6.85. The van der Waals surface area contributed by atoms with E-state index in [4.69, 9.17) is 0 Å². The number of carbonyl (C=O) groups is 4. The van der Waals surface area contributed by atoms with Gasteiger partial charge in [-0.3, -0.25) is 29.0 Å². The van der Waals surface area contributed by atoms with E-state index in [1.54, 1.807) is 24.3 Å². The summed E-state index contributed by atoms with van der Waals surface area (Å²) >= 11 is 0. The second-order valence-electron chi connectivity index (χ2n) is 4.87. The minimum atomic E-state index is -0.451. The van der Waals surface area contributed by atoms with Gasteiger partial charge in [-0.25, -0.2) is 0 Å². The summed E-state index contributed by atoms with van der Waals surface area (Å²) in [7, 11) is 1.38. The summed E-state index contributed by atoms with van der Waals surface area (Å²) in [5.41, 5.74) is 0. The Kier molecular flexibility index (Phi) is 3.83. The zero-order chi connectivity index (χ0) is 14.9. The van der Waals surface area contributed by atoms with Crippen molar-refractivity contribution in [2.45, 2.75) is 13.3 Å². The fourth-order valence-electron chi connectivity index (χ4n) is 2.32. The van der Waals surface area contributed by atoms with Crippen LogP contribution in [0.2, 0.25) is 0 Å². The Balaban J connectivity index is 2.00. The zero-order valence-corrected chi connectivity index (χ0v) is 11.4. The number of rotatable bonds is 3. The van der Waals surface area contributed by atoms with Gasteiger partial charge in [0.1, 0.15) is 0 Å². The molecule has 0 bridgehead atoms. The molecule has 2 unspecified atom stereocenters. The van der Waals surface area contributed by atoms with Crippen molar-refractivity contribution in [2.75, 3.05) is 13.6 Å². The lowest BCUT2D eigenvalue weighted by molar-refractivity contribution is -0.142. The highest BCUT2D eigenvalue weighted by Crippen LogP contribution is 2.30. The number of hydrogen-bond acceptors (Lipinski definition) is 4. The van der Waals surface area contributed by atoms with E-state index < -0.39 is 17.7 Å². The highest BCUT2D eigenvalue weighted by Gasteiger charge is 2.45. The first kappa shape index (κ1) is 14.2. The summed E-state index contributed by atoms with van der Waals surface area (Å²) in [5.74, 6) is -2.23. The number of imide groups is 2. The number of hydrogen-bond donors (Lipinski definition) is 0. The third-order valence-corrected chi connectivity index (χ3v) is 3.63. The highest BCUT2D eigenvalue weighted by molar-refractivity contribution is 6.07. The Bertz CT molecular complexity index is 505. The molecule has 1 fully saturated rings. The van der Waals surface area contributed by atoms with Crippen LogP contribution >= 0.6 is 0 Å². The van der Waals surface area contributed by atoms with Crippen molar-refractivity contribution in [2.24, 2.45) is 11.8 Å². The number of amides is 4. The average Bonchev–Trinajstić information content (AvgIpc) is 2.68. The maximum atomic E-state index is 12.1. The van der Waals surface area contributed by atoms with Gasteiger partial charge in [-0.2, -0.15) is 0 Å². The molecule has 1 saturated heterocycles. The first-order valence-corrected chi connectivity index (χ1v) is 6.41. The van der Waals surface area contributed by atoms with Crippen LogP contribution in [0.4, 0.5) is 0 Å². The molecule has 0 radical (unpaired) electrons. The topological polar surface area (TPSA) is 74.8 Å². The van der Waals surface area contributed by atoms with Crippen molar-refractivity contribution in [3.05, 3.63) is 24.3 Å². The van der Waals surface area contributed by atoms with Crippen molar-refractivity contribution in [1.82, 2.24) is 9.80 Å². The van der Waals surface area contributed by atoms with Gasteiger partial charge in [-0.1, -0.05) is 24.3 Å². The van der Waals surface area contributed by atoms with Crippen molar-refractivity contribution < 1.29 is 19.2 Å². The molecular weight excluding hydrogens is 260 g/mol. The molecule has 1 aliphatic carbocycles. The van der Waals surface area contributed by atoms with Gasteiger partial charge in [0.2, 0.25) is 23.6 Å². The van der Waals surface area contributed by atoms with Crippen molar-refractivity contribution >= 4 is 23.6 Å². The van der Waals surface area contributed by atoms with Crippen LogP contribution in [0.3, 0.4) is 0 Å². The summed E-state index contributed by atoms with van der Waals surface area (Å²) in [5, 5.41) is 0.